The van der Waals surface area contributed by atoms with E-state index in [2.05, 4.69) is 15.3 Å². The Balaban J connectivity index is 0.00000261. The summed E-state index contributed by atoms with van der Waals surface area (Å²) >= 11 is 0. The molecule has 0 saturated heterocycles. The van der Waals surface area contributed by atoms with Crippen molar-refractivity contribution in [3.63, 3.8) is 0 Å². The lowest BCUT2D eigenvalue weighted by atomic mass is 10.1. The van der Waals surface area contributed by atoms with Gasteiger partial charge in [-0.05, 0) is 37.6 Å². The zero-order valence-corrected chi connectivity index (χ0v) is 15.6. The second-order valence-corrected chi connectivity index (χ2v) is 5.76. The second kappa shape index (κ2) is 8.73. The number of aromatic nitrogens is 2. The van der Waals surface area contributed by atoms with E-state index >= 15 is 0 Å². The third-order valence-electron chi connectivity index (χ3n) is 3.71. The van der Waals surface area contributed by atoms with E-state index in [1.54, 1.807) is 12.1 Å². The molecule has 0 radical (unpaired) electrons. The molecule has 1 aromatic carbocycles. The molecule has 0 aliphatic rings. The number of aryl methyl sites for hydroxylation is 1. The van der Waals surface area contributed by atoms with Crippen LogP contribution in [0.25, 0.3) is 11.0 Å². The minimum Gasteiger partial charge on any atom is -0.462 e. The van der Waals surface area contributed by atoms with Crippen molar-refractivity contribution in [3.8, 4) is 0 Å². The molecule has 0 spiro atoms. The second-order valence-electron chi connectivity index (χ2n) is 5.76. The fraction of sp³-hybridized carbons (Fsp3) is 0.211. The maximum absolute atomic E-state index is 14.1. The summed E-state index contributed by atoms with van der Waals surface area (Å²) in [5.74, 6) is -1.85. The molecule has 0 bridgehead atoms. The van der Waals surface area contributed by atoms with Crippen LogP contribution in [-0.4, -0.2) is 22.5 Å². The first-order chi connectivity index (χ1) is 12.5. The number of esters is 1. The molecule has 1 N–H and O–H groups in total. The molecule has 5 nitrogen and oxygen atoms in total. The predicted molar refractivity (Wildman–Crippen MR) is 102 cm³/mol. The van der Waals surface area contributed by atoms with Crippen LogP contribution in [-0.2, 0) is 4.74 Å². The number of carbonyl (C=O) groups excluding carboxylic acids is 1. The van der Waals surface area contributed by atoms with Gasteiger partial charge >= 0.3 is 5.97 Å². The molecule has 3 rings (SSSR count). The fourth-order valence-corrected chi connectivity index (χ4v) is 2.46. The van der Waals surface area contributed by atoms with Gasteiger partial charge in [0.05, 0.1) is 18.0 Å². The normalized spacial score (nSPS) is 10.4. The van der Waals surface area contributed by atoms with Gasteiger partial charge in [-0.2, -0.15) is 0 Å². The number of pyridine rings is 2. The molecule has 8 heteroatoms. The van der Waals surface area contributed by atoms with Gasteiger partial charge in [0.25, 0.3) is 0 Å². The lowest BCUT2D eigenvalue weighted by Crippen LogP contribution is -2.11. The molecule has 2 heterocycles. The molecular formula is C19H18ClF2N3O2. The standard InChI is InChI=1S/C19H17F2N3O2.ClH/c1-3-8-26-19(25)14-10-22-18-13(6-4-11(2)23-18)17(14)24-16-9-12(20)5-7-15(16)21;/h4-7,9-10H,3,8H2,1-2H3,(H,22,23,24);1H. The van der Waals surface area contributed by atoms with Gasteiger partial charge in [0.1, 0.15) is 17.2 Å². The SMILES string of the molecule is CCCOC(=O)c1cnc2nc(C)ccc2c1Nc1cc(F)ccc1F.Cl. The first-order valence-electron chi connectivity index (χ1n) is 8.15. The number of nitrogens with one attached hydrogen (secondary N) is 1. The summed E-state index contributed by atoms with van der Waals surface area (Å²) in [5, 5.41) is 3.31. The molecule has 0 unspecified atom stereocenters. The highest BCUT2D eigenvalue weighted by Gasteiger charge is 2.19. The topological polar surface area (TPSA) is 64.1 Å². The molecule has 0 atom stereocenters. The van der Waals surface area contributed by atoms with E-state index in [9.17, 15) is 13.6 Å². The maximum atomic E-state index is 14.1. The number of hydrogen-bond acceptors (Lipinski definition) is 5. The van der Waals surface area contributed by atoms with Crippen molar-refractivity contribution < 1.29 is 18.3 Å². The Morgan fingerprint density at radius 1 is 1.22 bits per heavy atom. The Bertz CT molecular complexity index is 983. The summed E-state index contributed by atoms with van der Waals surface area (Å²) in [4.78, 5) is 20.9. The smallest absolute Gasteiger partial charge is 0.341 e. The third-order valence-corrected chi connectivity index (χ3v) is 3.71. The average molecular weight is 394 g/mol. The average Bonchev–Trinajstić information content (AvgIpc) is 2.62. The van der Waals surface area contributed by atoms with E-state index in [0.29, 0.717) is 17.5 Å². The van der Waals surface area contributed by atoms with Crippen LogP contribution < -0.4 is 5.32 Å². The Morgan fingerprint density at radius 3 is 2.74 bits per heavy atom. The molecule has 0 saturated carbocycles. The number of hydrogen-bond donors (Lipinski definition) is 1. The van der Waals surface area contributed by atoms with E-state index in [0.717, 1.165) is 23.9 Å². The van der Waals surface area contributed by atoms with Crippen LogP contribution in [0.2, 0.25) is 0 Å². The number of halogens is 3. The van der Waals surface area contributed by atoms with Crippen LogP contribution in [0.1, 0.15) is 29.4 Å². The molecule has 142 valence electrons. The highest BCUT2D eigenvalue weighted by molar-refractivity contribution is 6.05. The monoisotopic (exact) mass is 393 g/mol. The van der Waals surface area contributed by atoms with Crippen LogP contribution in [0.4, 0.5) is 20.2 Å². The van der Waals surface area contributed by atoms with Gasteiger partial charge in [-0.25, -0.2) is 23.5 Å². The molecule has 2 aromatic heterocycles. The zero-order valence-electron chi connectivity index (χ0n) is 14.8. The Labute approximate surface area is 161 Å². The molecular weight excluding hydrogens is 376 g/mol. The van der Waals surface area contributed by atoms with E-state index in [1.165, 1.54) is 6.20 Å². The number of carbonyl (C=O) groups is 1. The van der Waals surface area contributed by atoms with Gasteiger partial charge < -0.3 is 10.1 Å². The summed E-state index contributed by atoms with van der Waals surface area (Å²) in [5.41, 5.74) is 1.43. The number of fused-ring (bicyclic) bond motifs is 1. The molecule has 0 aliphatic heterocycles. The van der Waals surface area contributed by atoms with Gasteiger partial charge in [0.15, 0.2) is 5.65 Å². The van der Waals surface area contributed by atoms with Crippen molar-refractivity contribution in [2.75, 3.05) is 11.9 Å². The summed E-state index contributed by atoms with van der Waals surface area (Å²) < 4.78 is 32.8. The van der Waals surface area contributed by atoms with Crippen molar-refractivity contribution in [2.45, 2.75) is 20.3 Å². The van der Waals surface area contributed by atoms with Crippen molar-refractivity contribution in [1.29, 1.82) is 0 Å². The van der Waals surface area contributed by atoms with Gasteiger partial charge in [0, 0.05) is 23.3 Å². The Hall–Kier alpha value is -2.80. The molecule has 27 heavy (non-hydrogen) atoms. The van der Waals surface area contributed by atoms with Crippen LogP contribution in [0.15, 0.2) is 36.5 Å². The number of nitrogens with zero attached hydrogens (tertiary/aromatic N) is 2. The van der Waals surface area contributed by atoms with E-state index in [-0.39, 0.29) is 36.0 Å². The lowest BCUT2D eigenvalue weighted by molar-refractivity contribution is 0.0506. The summed E-state index contributed by atoms with van der Waals surface area (Å²) in [7, 11) is 0. The predicted octanol–water partition coefficient (Wildman–Crippen LogP) is 4.95. The summed E-state index contributed by atoms with van der Waals surface area (Å²) in [6.45, 7) is 3.93. The Morgan fingerprint density at radius 2 is 2.00 bits per heavy atom. The Kier molecular flexibility index (Phi) is 6.63. The summed E-state index contributed by atoms with van der Waals surface area (Å²) in [6.07, 6.45) is 1.99. The maximum Gasteiger partial charge on any atom is 0.341 e. The molecule has 0 aliphatic carbocycles. The molecule has 0 fully saturated rings. The van der Waals surface area contributed by atoms with Crippen molar-refractivity contribution in [2.24, 2.45) is 0 Å². The van der Waals surface area contributed by atoms with Gasteiger partial charge in [0.2, 0.25) is 0 Å². The van der Waals surface area contributed by atoms with Gasteiger partial charge in [-0.15, -0.1) is 12.4 Å². The van der Waals surface area contributed by atoms with E-state index in [4.69, 9.17) is 4.74 Å². The van der Waals surface area contributed by atoms with E-state index < -0.39 is 17.6 Å². The number of rotatable bonds is 5. The van der Waals surface area contributed by atoms with Crippen molar-refractivity contribution in [3.05, 3.63) is 59.4 Å². The first-order valence-corrected chi connectivity index (χ1v) is 8.15. The summed E-state index contributed by atoms with van der Waals surface area (Å²) in [6, 6.07) is 6.52. The number of ether oxygens (including phenoxy) is 1. The fourth-order valence-electron chi connectivity index (χ4n) is 2.46. The quantitative estimate of drug-likeness (QED) is 0.621. The molecule has 3 aromatic rings. The third kappa shape index (κ3) is 4.49. The number of benzene rings is 1. The van der Waals surface area contributed by atoms with Gasteiger partial charge in [-0.1, -0.05) is 6.92 Å². The van der Waals surface area contributed by atoms with Crippen molar-refractivity contribution >= 4 is 40.8 Å². The lowest BCUT2D eigenvalue weighted by Gasteiger charge is -2.14. The van der Waals surface area contributed by atoms with Gasteiger partial charge in [-0.3, -0.25) is 0 Å². The van der Waals surface area contributed by atoms with Crippen LogP contribution in [0.3, 0.4) is 0 Å². The highest BCUT2D eigenvalue weighted by atomic mass is 35.5. The minimum absolute atomic E-state index is 0. The van der Waals surface area contributed by atoms with Crippen LogP contribution in [0, 0.1) is 18.6 Å². The van der Waals surface area contributed by atoms with Crippen LogP contribution in [0.5, 0.6) is 0 Å². The molecule has 0 amide bonds. The largest absolute Gasteiger partial charge is 0.462 e. The van der Waals surface area contributed by atoms with Crippen molar-refractivity contribution in [1.82, 2.24) is 9.97 Å². The zero-order chi connectivity index (χ0) is 18.7. The highest BCUT2D eigenvalue weighted by Crippen LogP contribution is 2.30. The number of anilines is 2. The van der Waals surface area contributed by atoms with Crippen LogP contribution >= 0.6 is 12.4 Å². The minimum atomic E-state index is -0.649. The van der Waals surface area contributed by atoms with E-state index in [1.807, 2.05) is 13.8 Å². The first kappa shape index (κ1) is 20.5.